The highest BCUT2D eigenvalue weighted by Crippen LogP contribution is 2.24. The lowest BCUT2D eigenvalue weighted by atomic mass is 10.0. The normalized spacial score (nSPS) is 15.5. The Balaban J connectivity index is 1.60. The maximum Gasteiger partial charge on any atom is 0.327 e. The molecule has 1 aliphatic heterocycles. The van der Waals surface area contributed by atoms with Crippen molar-refractivity contribution in [3.63, 3.8) is 0 Å². The molecule has 144 valence electrons. The van der Waals surface area contributed by atoms with E-state index < -0.39 is 0 Å². The van der Waals surface area contributed by atoms with E-state index in [9.17, 15) is 9.59 Å². The van der Waals surface area contributed by atoms with E-state index >= 15 is 0 Å². The molecule has 0 unspecified atom stereocenters. The first kappa shape index (κ1) is 17.9. The molecule has 1 saturated heterocycles. The second-order valence-corrected chi connectivity index (χ2v) is 6.75. The Morgan fingerprint density at radius 2 is 2.14 bits per heavy atom. The number of imidazole rings is 1. The summed E-state index contributed by atoms with van der Waals surface area (Å²) in [4.78, 5) is 40.7. The van der Waals surface area contributed by atoms with Crippen LogP contribution >= 0.6 is 0 Å². The fourth-order valence-electron chi connectivity index (χ4n) is 3.56. The summed E-state index contributed by atoms with van der Waals surface area (Å²) >= 11 is 0. The summed E-state index contributed by atoms with van der Waals surface area (Å²) in [6.07, 6.45) is 5.22. The topological polar surface area (TPSA) is 135 Å². The van der Waals surface area contributed by atoms with Gasteiger partial charge in [-0.05, 0) is 25.0 Å². The van der Waals surface area contributed by atoms with Crippen molar-refractivity contribution >= 4 is 22.8 Å². The standard InChI is InChI=1S/C18H20N8O2/c19-6-2-8-25-9-4-12(5-10-25)26-15-14(23-18(26)28)11-21-17(24-15)22-13-3-1-7-20-16(13)27/h1,3,7,11-12H,2,4-5,8-10H2,(H,20,27)(H,23,28)(H,21,22,24). The first-order valence-corrected chi connectivity index (χ1v) is 9.17. The summed E-state index contributed by atoms with van der Waals surface area (Å²) in [5.41, 5.74) is 0.920. The second kappa shape index (κ2) is 7.66. The molecule has 0 aliphatic carbocycles. The zero-order valence-electron chi connectivity index (χ0n) is 15.2. The van der Waals surface area contributed by atoms with Crippen molar-refractivity contribution in [3.05, 3.63) is 45.4 Å². The van der Waals surface area contributed by atoms with Gasteiger partial charge in [-0.15, -0.1) is 0 Å². The number of pyridine rings is 1. The Kier molecular flexibility index (Phi) is 4.90. The van der Waals surface area contributed by atoms with Gasteiger partial charge in [0.05, 0.1) is 12.3 Å². The smallest absolute Gasteiger partial charge is 0.327 e. The van der Waals surface area contributed by atoms with Gasteiger partial charge in [-0.2, -0.15) is 10.2 Å². The van der Waals surface area contributed by atoms with Crippen LogP contribution < -0.4 is 16.6 Å². The number of nitriles is 1. The van der Waals surface area contributed by atoms with Crippen LogP contribution in [-0.4, -0.2) is 49.0 Å². The van der Waals surface area contributed by atoms with E-state index in [0.717, 1.165) is 32.5 Å². The molecule has 0 spiro atoms. The molecular formula is C18H20N8O2. The molecule has 0 aromatic carbocycles. The molecule has 0 radical (unpaired) electrons. The molecule has 3 N–H and O–H groups in total. The number of rotatable bonds is 5. The van der Waals surface area contributed by atoms with Gasteiger partial charge in [-0.1, -0.05) is 0 Å². The zero-order chi connectivity index (χ0) is 19.5. The molecule has 3 aromatic heterocycles. The van der Waals surface area contributed by atoms with Crippen LogP contribution in [0.1, 0.15) is 25.3 Å². The number of likely N-dealkylation sites (tertiary alicyclic amines) is 1. The summed E-state index contributed by atoms with van der Waals surface area (Å²) in [7, 11) is 0. The van der Waals surface area contributed by atoms with Crippen LogP contribution in [0.15, 0.2) is 34.1 Å². The Morgan fingerprint density at radius 1 is 1.32 bits per heavy atom. The molecule has 28 heavy (non-hydrogen) atoms. The third-order valence-corrected chi connectivity index (χ3v) is 4.98. The highest BCUT2D eigenvalue weighted by molar-refractivity contribution is 5.71. The summed E-state index contributed by atoms with van der Waals surface area (Å²) in [5, 5.41) is 11.6. The third kappa shape index (κ3) is 3.52. The van der Waals surface area contributed by atoms with E-state index in [1.807, 2.05) is 0 Å². The number of hydrogen-bond donors (Lipinski definition) is 3. The second-order valence-electron chi connectivity index (χ2n) is 6.75. The van der Waals surface area contributed by atoms with Crippen molar-refractivity contribution in [3.8, 4) is 6.07 Å². The number of fused-ring (bicyclic) bond motifs is 1. The highest BCUT2D eigenvalue weighted by Gasteiger charge is 2.24. The molecule has 10 nitrogen and oxygen atoms in total. The van der Waals surface area contributed by atoms with Crippen molar-refractivity contribution < 1.29 is 0 Å². The highest BCUT2D eigenvalue weighted by atomic mass is 16.1. The van der Waals surface area contributed by atoms with Crippen molar-refractivity contribution in [2.75, 3.05) is 25.0 Å². The number of aromatic nitrogens is 5. The number of hydrogen-bond acceptors (Lipinski definition) is 7. The Hall–Kier alpha value is -3.45. The Bertz CT molecular complexity index is 1130. The maximum absolute atomic E-state index is 12.5. The first-order valence-electron chi connectivity index (χ1n) is 9.17. The summed E-state index contributed by atoms with van der Waals surface area (Å²) in [5.74, 6) is 0.253. The van der Waals surface area contributed by atoms with E-state index in [1.54, 1.807) is 29.1 Å². The van der Waals surface area contributed by atoms with Gasteiger partial charge in [0.15, 0.2) is 5.65 Å². The number of nitrogens with zero attached hydrogens (tertiary/aromatic N) is 5. The lowest BCUT2D eigenvalue weighted by Gasteiger charge is -2.31. The molecule has 0 saturated carbocycles. The summed E-state index contributed by atoms with van der Waals surface area (Å²) < 4.78 is 1.68. The molecule has 0 atom stereocenters. The molecule has 10 heteroatoms. The number of nitrogens with one attached hydrogen (secondary N) is 3. The van der Waals surface area contributed by atoms with Gasteiger partial charge in [0.1, 0.15) is 11.2 Å². The van der Waals surface area contributed by atoms with Gasteiger partial charge >= 0.3 is 5.69 Å². The predicted molar refractivity (Wildman–Crippen MR) is 103 cm³/mol. The van der Waals surface area contributed by atoms with Crippen molar-refractivity contribution in [2.24, 2.45) is 0 Å². The van der Waals surface area contributed by atoms with E-state index in [2.05, 4.69) is 36.2 Å². The average molecular weight is 380 g/mol. The monoisotopic (exact) mass is 380 g/mol. The van der Waals surface area contributed by atoms with Gasteiger partial charge in [0.2, 0.25) is 5.95 Å². The number of H-pyrrole nitrogens is 2. The minimum Gasteiger partial charge on any atom is -0.327 e. The largest absolute Gasteiger partial charge is 0.327 e. The van der Waals surface area contributed by atoms with E-state index in [-0.39, 0.29) is 23.2 Å². The van der Waals surface area contributed by atoms with Crippen molar-refractivity contribution in [1.29, 1.82) is 5.26 Å². The molecule has 0 bridgehead atoms. The lowest BCUT2D eigenvalue weighted by molar-refractivity contribution is 0.190. The zero-order valence-corrected chi connectivity index (χ0v) is 15.2. The van der Waals surface area contributed by atoms with Crippen molar-refractivity contribution in [1.82, 2.24) is 29.4 Å². The molecule has 4 rings (SSSR count). The minimum absolute atomic E-state index is 0.0301. The van der Waals surface area contributed by atoms with Crippen LogP contribution in [0.3, 0.4) is 0 Å². The molecule has 1 fully saturated rings. The Morgan fingerprint density at radius 3 is 2.89 bits per heavy atom. The Labute approximate surface area is 159 Å². The summed E-state index contributed by atoms with van der Waals surface area (Å²) in [6, 6.07) is 5.53. The van der Waals surface area contributed by atoms with Gasteiger partial charge in [0.25, 0.3) is 5.56 Å². The van der Waals surface area contributed by atoms with Gasteiger partial charge < -0.3 is 20.2 Å². The van der Waals surface area contributed by atoms with Crippen LogP contribution in [0.2, 0.25) is 0 Å². The fraction of sp³-hybridized carbons (Fsp3) is 0.389. The van der Waals surface area contributed by atoms with Gasteiger partial charge in [-0.25, -0.2) is 9.78 Å². The average Bonchev–Trinajstić information content (AvgIpc) is 3.04. The number of aromatic amines is 2. The molecular weight excluding hydrogens is 360 g/mol. The molecule has 4 heterocycles. The first-order chi connectivity index (χ1) is 13.7. The molecule has 0 amide bonds. The molecule has 3 aromatic rings. The van der Waals surface area contributed by atoms with Crippen molar-refractivity contribution in [2.45, 2.75) is 25.3 Å². The number of piperidine rings is 1. The van der Waals surface area contributed by atoms with Crippen LogP contribution in [-0.2, 0) is 0 Å². The van der Waals surface area contributed by atoms with Crippen LogP contribution in [0, 0.1) is 11.3 Å². The van der Waals surface area contributed by atoms with E-state index in [0.29, 0.717) is 23.3 Å². The predicted octanol–water partition coefficient (Wildman–Crippen LogP) is 1.10. The maximum atomic E-state index is 12.5. The number of anilines is 2. The quantitative estimate of drug-likeness (QED) is 0.603. The van der Waals surface area contributed by atoms with E-state index in [4.69, 9.17) is 5.26 Å². The van der Waals surface area contributed by atoms with E-state index in [1.165, 1.54) is 0 Å². The third-order valence-electron chi connectivity index (χ3n) is 4.98. The van der Waals surface area contributed by atoms with Crippen LogP contribution in [0.25, 0.3) is 11.2 Å². The lowest BCUT2D eigenvalue weighted by Crippen LogP contribution is -2.37. The fourth-order valence-corrected chi connectivity index (χ4v) is 3.56. The van der Waals surface area contributed by atoms with Crippen LogP contribution in [0.5, 0.6) is 0 Å². The van der Waals surface area contributed by atoms with Gasteiger partial charge in [-0.3, -0.25) is 9.36 Å². The molecule has 1 aliphatic rings. The SMILES string of the molecule is N#CCCN1CCC(n2c(=O)[nH]c3cnc(Nc4ccc[nH]c4=O)nc32)CC1. The van der Waals surface area contributed by atoms with Gasteiger partial charge in [0, 0.05) is 38.3 Å². The minimum atomic E-state index is -0.276. The van der Waals surface area contributed by atoms with Crippen LogP contribution in [0.4, 0.5) is 11.6 Å². The summed E-state index contributed by atoms with van der Waals surface area (Å²) in [6.45, 7) is 2.43.